The van der Waals surface area contributed by atoms with Crippen LogP contribution < -0.4 is 5.73 Å². The maximum Gasteiger partial charge on any atom is 0.137 e. The molecule has 1 aliphatic heterocycles. The summed E-state index contributed by atoms with van der Waals surface area (Å²) >= 11 is 0. The summed E-state index contributed by atoms with van der Waals surface area (Å²) in [6.45, 7) is 5.58. The van der Waals surface area contributed by atoms with E-state index in [4.69, 9.17) is 5.73 Å². The van der Waals surface area contributed by atoms with Gasteiger partial charge in [-0.25, -0.2) is 4.39 Å². The summed E-state index contributed by atoms with van der Waals surface area (Å²) < 4.78 is 12.9. The van der Waals surface area contributed by atoms with Crippen LogP contribution in [0.1, 0.15) is 32.3 Å². The summed E-state index contributed by atoms with van der Waals surface area (Å²) in [5.41, 5.74) is 6.95. The fourth-order valence-electron chi connectivity index (χ4n) is 2.88. The van der Waals surface area contributed by atoms with Gasteiger partial charge in [0.05, 0.1) is 6.04 Å². The van der Waals surface area contributed by atoms with Crippen molar-refractivity contribution in [3.63, 3.8) is 0 Å². The molecule has 2 N–H and O–H groups in total. The second kappa shape index (κ2) is 6.02. The van der Waals surface area contributed by atoms with E-state index in [-0.39, 0.29) is 17.4 Å². The van der Waals surface area contributed by atoms with E-state index < -0.39 is 0 Å². The Bertz CT molecular complexity index is 453. The highest BCUT2D eigenvalue weighted by atomic mass is 19.1. The van der Waals surface area contributed by atoms with Crippen LogP contribution in [0.25, 0.3) is 0 Å². The van der Waals surface area contributed by atoms with Crippen molar-refractivity contribution in [1.29, 1.82) is 0 Å². The third-order valence-electron chi connectivity index (χ3n) is 4.27. The molecule has 1 aliphatic rings. The first-order valence-corrected chi connectivity index (χ1v) is 7.13. The Balaban J connectivity index is 2.02. The molecular formula is C16H23FN2O. The minimum absolute atomic E-state index is 0.0957. The summed E-state index contributed by atoms with van der Waals surface area (Å²) in [5, 5.41) is 0. The van der Waals surface area contributed by atoms with Crippen LogP contribution in [0.3, 0.4) is 0 Å². The SMILES string of the molecule is CC(C)(N)C1CCN(Cc2ccc(F)cc2)C(C=O)C1. The van der Waals surface area contributed by atoms with Crippen LogP contribution in [0.5, 0.6) is 0 Å². The third kappa shape index (κ3) is 3.64. The number of hydrogen-bond acceptors (Lipinski definition) is 3. The molecule has 1 fully saturated rings. The van der Waals surface area contributed by atoms with Crippen molar-refractivity contribution in [3.8, 4) is 0 Å². The van der Waals surface area contributed by atoms with Crippen molar-refractivity contribution in [2.45, 2.75) is 44.8 Å². The number of rotatable bonds is 4. The Labute approximate surface area is 120 Å². The van der Waals surface area contributed by atoms with Gasteiger partial charge in [0, 0.05) is 12.1 Å². The third-order valence-corrected chi connectivity index (χ3v) is 4.27. The molecule has 0 saturated carbocycles. The van der Waals surface area contributed by atoms with Crippen molar-refractivity contribution < 1.29 is 9.18 Å². The molecule has 4 heteroatoms. The van der Waals surface area contributed by atoms with Gasteiger partial charge in [-0.1, -0.05) is 12.1 Å². The topological polar surface area (TPSA) is 46.3 Å². The number of nitrogens with zero attached hydrogens (tertiary/aromatic N) is 1. The molecule has 1 saturated heterocycles. The summed E-state index contributed by atoms with van der Waals surface area (Å²) in [5.74, 6) is 0.131. The van der Waals surface area contributed by atoms with E-state index >= 15 is 0 Å². The first-order valence-electron chi connectivity index (χ1n) is 7.13. The van der Waals surface area contributed by atoms with E-state index in [0.29, 0.717) is 12.5 Å². The highest BCUT2D eigenvalue weighted by molar-refractivity contribution is 5.58. The Kier molecular flexibility index (Phi) is 4.55. The zero-order chi connectivity index (χ0) is 14.8. The van der Waals surface area contributed by atoms with Crippen molar-refractivity contribution in [2.24, 2.45) is 11.7 Å². The summed E-state index contributed by atoms with van der Waals surface area (Å²) in [4.78, 5) is 13.5. The summed E-state index contributed by atoms with van der Waals surface area (Å²) in [7, 11) is 0. The molecule has 1 aromatic carbocycles. The normalized spacial score (nSPS) is 24.6. The van der Waals surface area contributed by atoms with Crippen molar-refractivity contribution in [2.75, 3.05) is 6.54 Å². The van der Waals surface area contributed by atoms with Crippen LogP contribution in [-0.2, 0) is 11.3 Å². The van der Waals surface area contributed by atoms with Crippen LogP contribution in [0.4, 0.5) is 4.39 Å². The molecule has 0 amide bonds. The van der Waals surface area contributed by atoms with Gasteiger partial charge in [0.2, 0.25) is 0 Å². The molecule has 1 heterocycles. The average molecular weight is 278 g/mol. The molecule has 110 valence electrons. The van der Waals surface area contributed by atoms with Crippen LogP contribution in [-0.4, -0.2) is 29.3 Å². The standard InChI is InChI=1S/C16H23FN2O/c1-16(2,18)13-7-8-19(15(9-13)11-20)10-12-3-5-14(17)6-4-12/h3-6,11,13,15H,7-10,18H2,1-2H3. The lowest BCUT2D eigenvalue weighted by Gasteiger charge is -2.42. The van der Waals surface area contributed by atoms with Gasteiger partial charge in [-0.3, -0.25) is 4.90 Å². The van der Waals surface area contributed by atoms with E-state index in [1.807, 2.05) is 13.8 Å². The van der Waals surface area contributed by atoms with Crippen molar-refractivity contribution in [3.05, 3.63) is 35.6 Å². The van der Waals surface area contributed by atoms with E-state index in [0.717, 1.165) is 31.2 Å². The maximum absolute atomic E-state index is 12.9. The van der Waals surface area contributed by atoms with E-state index in [1.54, 1.807) is 12.1 Å². The molecular weight excluding hydrogens is 255 g/mol. The number of likely N-dealkylation sites (tertiary alicyclic amines) is 1. The van der Waals surface area contributed by atoms with E-state index in [1.165, 1.54) is 12.1 Å². The zero-order valence-electron chi connectivity index (χ0n) is 12.2. The molecule has 20 heavy (non-hydrogen) atoms. The second-order valence-corrected chi connectivity index (χ2v) is 6.34. The molecule has 0 spiro atoms. The van der Waals surface area contributed by atoms with Gasteiger partial charge in [-0.2, -0.15) is 0 Å². The molecule has 2 atom stereocenters. The van der Waals surface area contributed by atoms with Crippen molar-refractivity contribution >= 4 is 6.29 Å². The average Bonchev–Trinajstić information content (AvgIpc) is 2.40. The molecule has 0 aliphatic carbocycles. The lowest BCUT2D eigenvalue weighted by atomic mass is 9.78. The van der Waals surface area contributed by atoms with Gasteiger partial charge in [0.25, 0.3) is 0 Å². The number of nitrogens with two attached hydrogens (primary N) is 1. The lowest BCUT2D eigenvalue weighted by molar-refractivity contribution is -0.114. The first-order chi connectivity index (χ1) is 9.40. The molecule has 2 unspecified atom stereocenters. The fourth-order valence-corrected chi connectivity index (χ4v) is 2.88. The van der Waals surface area contributed by atoms with Crippen LogP contribution in [0.15, 0.2) is 24.3 Å². The Morgan fingerprint density at radius 3 is 2.60 bits per heavy atom. The predicted octanol–water partition coefficient (Wildman–Crippen LogP) is 2.34. The van der Waals surface area contributed by atoms with Crippen LogP contribution >= 0.6 is 0 Å². The van der Waals surface area contributed by atoms with E-state index in [2.05, 4.69) is 4.90 Å². The van der Waals surface area contributed by atoms with Gasteiger partial charge < -0.3 is 10.5 Å². The number of benzene rings is 1. The molecule has 3 nitrogen and oxygen atoms in total. The van der Waals surface area contributed by atoms with Gasteiger partial charge >= 0.3 is 0 Å². The molecule has 2 rings (SSSR count). The Morgan fingerprint density at radius 2 is 2.05 bits per heavy atom. The maximum atomic E-state index is 12.9. The lowest BCUT2D eigenvalue weighted by Crippen LogP contribution is -2.51. The van der Waals surface area contributed by atoms with Gasteiger partial charge in [-0.05, 0) is 56.8 Å². The highest BCUT2D eigenvalue weighted by Crippen LogP contribution is 2.30. The second-order valence-electron chi connectivity index (χ2n) is 6.34. The number of aldehydes is 1. The fraction of sp³-hybridized carbons (Fsp3) is 0.562. The molecule has 0 radical (unpaired) electrons. The molecule has 0 aromatic heterocycles. The largest absolute Gasteiger partial charge is 0.325 e. The highest BCUT2D eigenvalue weighted by Gasteiger charge is 2.34. The van der Waals surface area contributed by atoms with Gasteiger partial charge in [-0.15, -0.1) is 0 Å². The Hall–Kier alpha value is -1.26. The molecule has 1 aromatic rings. The smallest absolute Gasteiger partial charge is 0.137 e. The first kappa shape index (κ1) is 15.1. The minimum Gasteiger partial charge on any atom is -0.325 e. The number of carbonyl (C=O) groups is 1. The number of hydrogen-bond donors (Lipinski definition) is 1. The Morgan fingerprint density at radius 1 is 1.40 bits per heavy atom. The quantitative estimate of drug-likeness (QED) is 0.860. The number of halogens is 1. The van der Waals surface area contributed by atoms with Gasteiger partial charge in [0.1, 0.15) is 12.1 Å². The number of piperidine rings is 1. The summed E-state index contributed by atoms with van der Waals surface area (Å²) in [6.07, 6.45) is 2.81. The molecule has 0 bridgehead atoms. The van der Waals surface area contributed by atoms with Crippen molar-refractivity contribution in [1.82, 2.24) is 4.90 Å². The predicted molar refractivity (Wildman–Crippen MR) is 77.7 cm³/mol. The zero-order valence-corrected chi connectivity index (χ0v) is 12.2. The monoisotopic (exact) mass is 278 g/mol. The summed E-state index contributed by atoms with van der Waals surface area (Å²) in [6, 6.07) is 6.37. The van der Waals surface area contributed by atoms with Crippen LogP contribution in [0.2, 0.25) is 0 Å². The van der Waals surface area contributed by atoms with Crippen LogP contribution in [0, 0.1) is 11.7 Å². The van der Waals surface area contributed by atoms with E-state index in [9.17, 15) is 9.18 Å². The van der Waals surface area contributed by atoms with Gasteiger partial charge in [0.15, 0.2) is 0 Å². The minimum atomic E-state index is -0.247. The number of carbonyl (C=O) groups excluding carboxylic acids is 1.